The molecule has 1 heterocycles. The van der Waals surface area contributed by atoms with Crippen molar-refractivity contribution < 1.29 is 9.90 Å². The van der Waals surface area contributed by atoms with E-state index in [0.717, 1.165) is 13.0 Å². The van der Waals surface area contributed by atoms with E-state index in [4.69, 9.17) is 0 Å². The molecular weight excluding hydrogens is 130 g/mol. The van der Waals surface area contributed by atoms with Crippen molar-refractivity contribution in [1.29, 1.82) is 0 Å². The van der Waals surface area contributed by atoms with Crippen LogP contribution in [0.25, 0.3) is 0 Å². The van der Waals surface area contributed by atoms with Gasteiger partial charge in [0.2, 0.25) is 0 Å². The minimum absolute atomic E-state index is 0.154. The molecule has 10 heavy (non-hydrogen) atoms. The van der Waals surface area contributed by atoms with Crippen LogP contribution < -0.4 is 0 Å². The van der Waals surface area contributed by atoms with Crippen molar-refractivity contribution in [2.75, 3.05) is 13.6 Å². The number of carbonyl (C=O) groups is 1. The number of likely N-dealkylation sites (N-methyl/N-ethyl adjacent to an activating group) is 1. The van der Waals surface area contributed by atoms with E-state index < -0.39 is 5.60 Å². The highest BCUT2D eigenvalue weighted by molar-refractivity contribution is 5.84. The summed E-state index contributed by atoms with van der Waals surface area (Å²) in [5.74, 6) is -0.154. The van der Waals surface area contributed by atoms with Gasteiger partial charge in [-0.1, -0.05) is 0 Å². The molecule has 0 unspecified atom stereocenters. The Kier molecular flexibility index (Phi) is 1.68. The molecule has 3 nitrogen and oxygen atoms in total. The second-order valence-electron chi connectivity index (χ2n) is 3.10. The van der Waals surface area contributed by atoms with Gasteiger partial charge in [0, 0.05) is 13.6 Å². The quantitative estimate of drug-likeness (QED) is 0.518. The molecule has 58 valence electrons. The highest BCUT2D eigenvalue weighted by atomic mass is 16.3. The van der Waals surface area contributed by atoms with Gasteiger partial charge in [-0.25, -0.2) is 0 Å². The van der Waals surface area contributed by atoms with Gasteiger partial charge in [0.15, 0.2) is 0 Å². The zero-order valence-corrected chi connectivity index (χ0v) is 6.42. The Morgan fingerprint density at radius 2 is 2.30 bits per heavy atom. The van der Waals surface area contributed by atoms with Crippen molar-refractivity contribution >= 4 is 5.91 Å². The summed E-state index contributed by atoms with van der Waals surface area (Å²) >= 11 is 0. The first-order valence-electron chi connectivity index (χ1n) is 3.52. The molecule has 0 aliphatic carbocycles. The first-order valence-corrected chi connectivity index (χ1v) is 3.52. The van der Waals surface area contributed by atoms with Crippen LogP contribution in [-0.4, -0.2) is 35.1 Å². The Morgan fingerprint density at radius 1 is 1.70 bits per heavy atom. The molecule has 0 radical (unpaired) electrons. The molecule has 1 aliphatic rings. The summed E-state index contributed by atoms with van der Waals surface area (Å²) in [6.07, 6.45) is 1.49. The molecule has 1 amide bonds. The van der Waals surface area contributed by atoms with Crippen LogP contribution in [0.3, 0.4) is 0 Å². The lowest BCUT2D eigenvalue weighted by atomic mass is 9.95. The summed E-state index contributed by atoms with van der Waals surface area (Å²) in [6, 6.07) is 0. The first-order chi connectivity index (χ1) is 4.54. The van der Waals surface area contributed by atoms with Gasteiger partial charge < -0.3 is 10.0 Å². The number of rotatable bonds is 0. The maximum Gasteiger partial charge on any atom is 0.253 e. The fraction of sp³-hybridized carbons (Fsp3) is 0.857. The van der Waals surface area contributed by atoms with Crippen molar-refractivity contribution in [3.8, 4) is 0 Å². The molecule has 1 atom stereocenters. The van der Waals surface area contributed by atoms with E-state index in [2.05, 4.69) is 0 Å². The molecule has 1 saturated heterocycles. The number of hydrogen-bond donors (Lipinski definition) is 1. The summed E-state index contributed by atoms with van der Waals surface area (Å²) in [5, 5.41) is 9.42. The van der Waals surface area contributed by atoms with Crippen molar-refractivity contribution in [3.63, 3.8) is 0 Å². The highest BCUT2D eigenvalue weighted by Crippen LogP contribution is 2.20. The number of carbonyl (C=O) groups excluding carboxylic acids is 1. The molecule has 0 aromatic heterocycles. The minimum Gasteiger partial charge on any atom is -0.380 e. The maximum atomic E-state index is 11.1. The average Bonchev–Trinajstić information content (AvgIpc) is 1.83. The van der Waals surface area contributed by atoms with Gasteiger partial charge in [0.1, 0.15) is 5.60 Å². The minimum atomic E-state index is -1.10. The van der Waals surface area contributed by atoms with Crippen LogP contribution in [0.4, 0.5) is 0 Å². The Hall–Kier alpha value is -0.570. The fourth-order valence-electron chi connectivity index (χ4n) is 1.28. The second-order valence-corrected chi connectivity index (χ2v) is 3.10. The summed E-state index contributed by atoms with van der Waals surface area (Å²) in [6.45, 7) is 2.35. The van der Waals surface area contributed by atoms with E-state index in [1.54, 1.807) is 18.9 Å². The molecule has 0 aromatic carbocycles. The van der Waals surface area contributed by atoms with Gasteiger partial charge in [-0.15, -0.1) is 0 Å². The molecule has 0 spiro atoms. The molecule has 1 N–H and O–H groups in total. The SMILES string of the molecule is CN1CCC[C@](C)(O)C1=O. The maximum absolute atomic E-state index is 11.1. The van der Waals surface area contributed by atoms with E-state index >= 15 is 0 Å². The third kappa shape index (κ3) is 1.14. The third-order valence-corrected chi connectivity index (χ3v) is 1.96. The normalized spacial score (nSPS) is 34.7. The van der Waals surface area contributed by atoms with E-state index in [-0.39, 0.29) is 5.91 Å². The smallest absolute Gasteiger partial charge is 0.253 e. The van der Waals surface area contributed by atoms with E-state index in [9.17, 15) is 9.90 Å². The largest absolute Gasteiger partial charge is 0.380 e. The number of hydrogen-bond acceptors (Lipinski definition) is 2. The van der Waals surface area contributed by atoms with Crippen LogP contribution in [0, 0.1) is 0 Å². The topological polar surface area (TPSA) is 40.5 Å². The zero-order chi connectivity index (χ0) is 7.78. The number of amides is 1. The molecule has 0 aromatic rings. The molecule has 1 fully saturated rings. The number of piperidine rings is 1. The molecule has 0 bridgehead atoms. The lowest BCUT2D eigenvalue weighted by molar-refractivity contribution is -0.153. The van der Waals surface area contributed by atoms with Gasteiger partial charge in [0.25, 0.3) is 5.91 Å². The molecule has 0 saturated carbocycles. The number of aliphatic hydroxyl groups is 1. The lowest BCUT2D eigenvalue weighted by Gasteiger charge is -2.33. The van der Waals surface area contributed by atoms with E-state index in [1.165, 1.54) is 0 Å². The lowest BCUT2D eigenvalue weighted by Crippen LogP contribution is -2.49. The van der Waals surface area contributed by atoms with Crippen LogP contribution in [0.15, 0.2) is 0 Å². The molecule has 3 heteroatoms. The van der Waals surface area contributed by atoms with Gasteiger partial charge in [0.05, 0.1) is 0 Å². The summed E-state index contributed by atoms with van der Waals surface area (Å²) in [4.78, 5) is 12.7. The van der Waals surface area contributed by atoms with E-state index in [0.29, 0.717) is 6.42 Å². The fourth-order valence-corrected chi connectivity index (χ4v) is 1.28. The Bertz CT molecular complexity index is 154. The van der Waals surface area contributed by atoms with Crippen molar-refractivity contribution in [1.82, 2.24) is 4.90 Å². The number of nitrogens with zero attached hydrogens (tertiary/aromatic N) is 1. The predicted molar refractivity (Wildman–Crippen MR) is 37.5 cm³/mol. The summed E-state index contributed by atoms with van der Waals surface area (Å²) in [7, 11) is 1.72. The summed E-state index contributed by atoms with van der Waals surface area (Å²) < 4.78 is 0. The standard InChI is InChI=1S/C7H13NO2/c1-7(10)4-3-5-8(2)6(7)9/h10H,3-5H2,1-2H3/t7-/m0/s1. The van der Waals surface area contributed by atoms with Crippen molar-refractivity contribution in [3.05, 3.63) is 0 Å². The number of likely N-dealkylation sites (tertiary alicyclic amines) is 1. The van der Waals surface area contributed by atoms with Gasteiger partial charge in [-0.3, -0.25) is 4.79 Å². The molecule has 1 rings (SSSR count). The van der Waals surface area contributed by atoms with Gasteiger partial charge in [-0.2, -0.15) is 0 Å². The van der Waals surface area contributed by atoms with Gasteiger partial charge in [-0.05, 0) is 19.8 Å². The van der Waals surface area contributed by atoms with Crippen molar-refractivity contribution in [2.45, 2.75) is 25.4 Å². The molecule has 1 aliphatic heterocycles. The van der Waals surface area contributed by atoms with E-state index in [1.807, 2.05) is 0 Å². The van der Waals surface area contributed by atoms with Crippen molar-refractivity contribution in [2.24, 2.45) is 0 Å². The van der Waals surface area contributed by atoms with Crippen LogP contribution >= 0.6 is 0 Å². The zero-order valence-electron chi connectivity index (χ0n) is 6.42. The van der Waals surface area contributed by atoms with Crippen LogP contribution in [0.2, 0.25) is 0 Å². The Labute approximate surface area is 60.6 Å². The monoisotopic (exact) mass is 143 g/mol. The van der Waals surface area contributed by atoms with Crippen LogP contribution in [-0.2, 0) is 4.79 Å². The summed E-state index contributed by atoms with van der Waals surface area (Å²) in [5.41, 5.74) is -1.10. The third-order valence-electron chi connectivity index (χ3n) is 1.96. The Balaban J connectivity index is 2.70. The highest BCUT2D eigenvalue weighted by Gasteiger charge is 2.35. The average molecular weight is 143 g/mol. The van der Waals surface area contributed by atoms with Gasteiger partial charge >= 0.3 is 0 Å². The Morgan fingerprint density at radius 3 is 2.70 bits per heavy atom. The molecular formula is C7H13NO2. The van der Waals surface area contributed by atoms with Crippen LogP contribution in [0.1, 0.15) is 19.8 Å². The first kappa shape index (κ1) is 7.54. The second kappa shape index (κ2) is 2.23. The van der Waals surface area contributed by atoms with Crippen LogP contribution in [0.5, 0.6) is 0 Å². The predicted octanol–water partition coefficient (Wildman–Crippen LogP) is -0.0104.